The first kappa shape index (κ1) is 48.1. The number of nitriles is 2. The maximum Gasteiger partial charge on any atom is 0.103 e. The quantitative estimate of drug-likeness (QED) is 0.166. The van der Waals surface area contributed by atoms with E-state index in [0.717, 1.165) is 154 Å². The highest BCUT2D eigenvalue weighted by Crippen LogP contribution is 2.51. The molecule has 0 saturated carbocycles. The van der Waals surface area contributed by atoms with Crippen LogP contribution >= 0.6 is 0 Å². The summed E-state index contributed by atoms with van der Waals surface area (Å²) in [5.41, 5.74) is 16.9. The number of benzene rings is 13. The summed E-state index contributed by atoms with van der Waals surface area (Å²) in [6, 6.07) is 105. The predicted molar refractivity (Wildman–Crippen MR) is 362 cm³/mol. The zero-order valence-corrected chi connectivity index (χ0v) is 47.1. The van der Waals surface area contributed by atoms with Gasteiger partial charge in [-0.15, -0.1) is 0 Å². The van der Waals surface area contributed by atoms with Crippen molar-refractivity contribution in [2.24, 2.45) is 0 Å². The van der Waals surface area contributed by atoms with Gasteiger partial charge in [0.15, 0.2) is 0 Å². The number of rotatable bonds is 6. The highest BCUT2D eigenvalue weighted by molar-refractivity contribution is 6.23. The van der Waals surface area contributed by atoms with E-state index in [-0.39, 0.29) is 11.1 Å². The van der Waals surface area contributed by atoms with Crippen molar-refractivity contribution < 1.29 is 0 Å². The monoisotopic (exact) mass is 1120 g/mol. The molecule has 0 bridgehead atoms. The summed E-state index contributed by atoms with van der Waals surface area (Å²) < 4.78 is 14.2. The van der Waals surface area contributed by atoms with Crippen LogP contribution in [0.2, 0.25) is 0 Å². The Labute approximate surface area is 502 Å². The van der Waals surface area contributed by atoms with Crippen LogP contribution in [0.3, 0.4) is 0 Å². The molecule has 6 aromatic heterocycles. The Hall–Kier alpha value is -12.4. The van der Waals surface area contributed by atoms with E-state index in [1.165, 1.54) is 0 Å². The van der Waals surface area contributed by atoms with E-state index in [2.05, 4.69) is 319 Å². The van der Waals surface area contributed by atoms with Gasteiger partial charge in [0.2, 0.25) is 0 Å². The van der Waals surface area contributed by atoms with Crippen LogP contribution in [0.5, 0.6) is 0 Å². The molecule has 0 N–H and O–H groups in total. The highest BCUT2D eigenvalue weighted by Gasteiger charge is 2.35. The standard InChI is InChI=1S/C80H46N8/c81-47-63-64(48-82)78(86-69-39-19-9-29-53(69)54-30-10-20-40-70(54)86)80(88-72-42-22-14-34-58(72)62-44-60-56-32-12-16-36-66(56)84(74(60)46-76(62)88)50-25-5-2-6-26-50)79(77(63)85-67-37-17-7-27-51(67)52-28-8-18-38-68(52)85)87-71-41-21-13-33-57(71)61-43-59-55-31-11-15-35-65(55)83(73(59)45-75(61)87)49-23-3-1-4-24-49/h1-46H. The van der Waals surface area contributed by atoms with Crippen LogP contribution in [0, 0.1) is 22.7 Å². The number of aromatic nitrogens is 6. The molecule has 8 heteroatoms. The lowest BCUT2D eigenvalue weighted by atomic mass is 9.98. The van der Waals surface area contributed by atoms with E-state index < -0.39 is 0 Å². The largest absolute Gasteiger partial charge is 0.309 e. The van der Waals surface area contributed by atoms with Gasteiger partial charge in [-0.2, -0.15) is 10.5 Å². The normalized spacial score (nSPS) is 12.1. The molecular weight excluding hydrogens is 1070 g/mol. The molecule has 0 spiro atoms. The maximum atomic E-state index is 12.6. The molecule has 88 heavy (non-hydrogen) atoms. The van der Waals surface area contributed by atoms with Crippen molar-refractivity contribution in [1.82, 2.24) is 27.4 Å². The van der Waals surface area contributed by atoms with Gasteiger partial charge in [-0.05, 0) is 97.1 Å². The van der Waals surface area contributed by atoms with Crippen LogP contribution in [-0.2, 0) is 0 Å². The molecule has 8 nitrogen and oxygen atoms in total. The second-order valence-corrected chi connectivity index (χ2v) is 23.0. The van der Waals surface area contributed by atoms with Crippen LogP contribution in [-0.4, -0.2) is 27.4 Å². The molecular formula is C80H46N8. The Balaban J connectivity index is 1.13. The molecule has 19 aromatic rings. The number of hydrogen-bond acceptors (Lipinski definition) is 2. The number of fused-ring (bicyclic) bond motifs is 18. The Kier molecular flexibility index (Phi) is 9.87. The first-order chi connectivity index (χ1) is 43.7. The zero-order valence-electron chi connectivity index (χ0n) is 47.1. The summed E-state index contributed by atoms with van der Waals surface area (Å²) in [5.74, 6) is 0. The average Bonchev–Trinajstić information content (AvgIpc) is 1.49. The third kappa shape index (κ3) is 6.34. The van der Waals surface area contributed by atoms with Crippen LogP contribution in [0.4, 0.5) is 0 Å². The van der Waals surface area contributed by atoms with Crippen molar-refractivity contribution in [2.75, 3.05) is 0 Å². The fourth-order valence-corrected chi connectivity index (χ4v) is 15.2. The van der Waals surface area contributed by atoms with Crippen molar-refractivity contribution in [1.29, 1.82) is 10.5 Å². The summed E-state index contributed by atoms with van der Waals surface area (Å²) >= 11 is 0. The lowest BCUT2D eigenvalue weighted by Gasteiger charge is -2.27. The second kappa shape index (κ2) is 18.1. The van der Waals surface area contributed by atoms with Crippen LogP contribution < -0.4 is 0 Å². The number of nitrogens with zero attached hydrogens (tertiary/aromatic N) is 8. The third-order valence-corrected chi connectivity index (χ3v) is 18.6. The first-order valence-corrected chi connectivity index (χ1v) is 29.7. The van der Waals surface area contributed by atoms with Crippen molar-refractivity contribution in [3.8, 4) is 46.3 Å². The van der Waals surface area contributed by atoms with Gasteiger partial charge >= 0.3 is 0 Å². The molecule has 0 saturated heterocycles. The van der Waals surface area contributed by atoms with Crippen molar-refractivity contribution >= 4 is 131 Å². The summed E-state index contributed by atoms with van der Waals surface area (Å²) in [5, 5.41) is 38.1. The number of para-hydroxylation sites is 10. The topological polar surface area (TPSA) is 77.2 Å². The van der Waals surface area contributed by atoms with Crippen LogP contribution in [0.25, 0.3) is 165 Å². The van der Waals surface area contributed by atoms with Gasteiger partial charge in [0.25, 0.3) is 0 Å². The maximum absolute atomic E-state index is 12.6. The molecule has 0 fully saturated rings. The molecule has 19 rings (SSSR count). The van der Waals surface area contributed by atoms with E-state index in [1.807, 2.05) is 0 Å². The van der Waals surface area contributed by atoms with Crippen molar-refractivity contribution in [3.63, 3.8) is 0 Å². The van der Waals surface area contributed by atoms with Gasteiger partial charge in [0.1, 0.15) is 12.1 Å². The molecule has 406 valence electrons. The van der Waals surface area contributed by atoms with Crippen LogP contribution in [0.15, 0.2) is 279 Å². The van der Waals surface area contributed by atoms with Gasteiger partial charge in [0, 0.05) is 76.0 Å². The SMILES string of the molecule is N#Cc1c(C#N)c(-n2c3ccccc3c3ccccc32)c(-n2c3ccccc3c3cc4c5ccccc5n(-c5ccccc5)c4cc32)c(-n2c3ccccc3c3cc4c5ccccc5n(-c5ccccc5)c4cc32)c1-n1c2ccccc2c2ccccc21. The summed E-state index contributed by atoms with van der Waals surface area (Å²) in [4.78, 5) is 0. The lowest BCUT2D eigenvalue weighted by Crippen LogP contribution is -2.17. The molecule has 0 aliphatic heterocycles. The van der Waals surface area contributed by atoms with Gasteiger partial charge in [-0.25, -0.2) is 0 Å². The molecule has 0 atom stereocenters. The minimum atomic E-state index is 0.252. The fourth-order valence-electron chi connectivity index (χ4n) is 15.2. The molecule has 0 aliphatic carbocycles. The smallest absolute Gasteiger partial charge is 0.103 e. The predicted octanol–water partition coefficient (Wildman–Crippen LogP) is 20.0. The van der Waals surface area contributed by atoms with E-state index in [9.17, 15) is 10.5 Å². The molecule has 0 radical (unpaired) electrons. The Morgan fingerprint density at radius 1 is 0.182 bits per heavy atom. The summed E-state index contributed by atoms with van der Waals surface area (Å²) in [7, 11) is 0. The highest BCUT2D eigenvalue weighted by atomic mass is 15.1. The van der Waals surface area contributed by atoms with Gasteiger partial charge in [-0.1, -0.05) is 182 Å². The molecule has 13 aromatic carbocycles. The molecule has 0 aliphatic rings. The van der Waals surface area contributed by atoms with E-state index in [1.54, 1.807) is 0 Å². The van der Waals surface area contributed by atoms with E-state index in [0.29, 0.717) is 11.4 Å². The molecule has 6 heterocycles. The van der Waals surface area contributed by atoms with Crippen molar-refractivity contribution in [2.45, 2.75) is 0 Å². The summed E-state index contributed by atoms with van der Waals surface area (Å²) in [6.07, 6.45) is 0. The third-order valence-electron chi connectivity index (χ3n) is 18.6. The lowest BCUT2D eigenvalue weighted by molar-refractivity contribution is 1.01. The van der Waals surface area contributed by atoms with E-state index >= 15 is 0 Å². The fraction of sp³-hybridized carbons (Fsp3) is 0. The first-order valence-electron chi connectivity index (χ1n) is 29.7. The van der Waals surface area contributed by atoms with E-state index in [4.69, 9.17) is 0 Å². The summed E-state index contributed by atoms with van der Waals surface area (Å²) in [6.45, 7) is 0. The average molecular weight is 1120 g/mol. The Morgan fingerprint density at radius 3 is 0.648 bits per heavy atom. The minimum absolute atomic E-state index is 0.252. The Morgan fingerprint density at radius 2 is 0.386 bits per heavy atom. The van der Waals surface area contributed by atoms with Crippen LogP contribution in [0.1, 0.15) is 11.1 Å². The number of hydrogen-bond donors (Lipinski definition) is 0. The van der Waals surface area contributed by atoms with Gasteiger partial charge < -0.3 is 27.4 Å². The molecule has 0 amide bonds. The molecule has 0 unspecified atom stereocenters. The zero-order chi connectivity index (χ0) is 57.9. The minimum Gasteiger partial charge on any atom is -0.309 e. The van der Waals surface area contributed by atoms with Crippen molar-refractivity contribution in [3.05, 3.63) is 290 Å². The van der Waals surface area contributed by atoms with Gasteiger partial charge in [0.05, 0.1) is 100 Å². The Bertz CT molecular complexity index is 5830. The van der Waals surface area contributed by atoms with Gasteiger partial charge in [-0.3, -0.25) is 0 Å². The second-order valence-electron chi connectivity index (χ2n) is 23.0.